The molecular formula is C11H13N3O2. The van der Waals surface area contributed by atoms with Gasteiger partial charge in [-0.05, 0) is 31.2 Å². The Bertz CT molecular complexity index is 423. The largest absolute Gasteiger partial charge is 0.399 e. The first-order valence-corrected chi connectivity index (χ1v) is 4.62. The van der Waals surface area contributed by atoms with Gasteiger partial charge in [-0.15, -0.1) is 0 Å². The number of imide groups is 1. The monoisotopic (exact) mass is 219 g/mol. The van der Waals surface area contributed by atoms with Crippen LogP contribution in [0.5, 0.6) is 0 Å². The molecule has 1 aromatic carbocycles. The zero-order valence-electron chi connectivity index (χ0n) is 8.91. The van der Waals surface area contributed by atoms with Crippen molar-refractivity contribution >= 4 is 17.6 Å². The van der Waals surface area contributed by atoms with Gasteiger partial charge in [0, 0.05) is 16.9 Å². The summed E-state index contributed by atoms with van der Waals surface area (Å²) in [4.78, 5) is 22.7. The van der Waals surface area contributed by atoms with Gasteiger partial charge in [-0.25, -0.2) is 4.79 Å². The molecule has 0 fully saturated rings. The van der Waals surface area contributed by atoms with E-state index < -0.39 is 11.9 Å². The van der Waals surface area contributed by atoms with E-state index in [4.69, 9.17) is 5.73 Å². The van der Waals surface area contributed by atoms with E-state index in [-0.39, 0.29) is 0 Å². The molecule has 5 nitrogen and oxygen atoms in total. The molecule has 0 aromatic heterocycles. The van der Waals surface area contributed by atoms with Gasteiger partial charge in [0.1, 0.15) is 0 Å². The average Bonchev–Trinajstić information content (AvgIpc) is 2.16. The first kappa shape index (κ1) is 11.8. The van der Waals surface area contributed by atoms with Crippen LogP contribution in [0, 0.1) is 0 Å². The number of carbonyl (C=O) groups excluding carboxylic acids is 2. The first-order chi connectivity index (χ1) is 7.49. The van der Waals surface area contributed by atoms with Crippen LogP contribution >= 0.6 is 0 Å². The Labute approximate surface area is 93.3 Å². The van der Waals surface area contributed by atoms with Crippen LogP contribution in [0.15, 0.2) is 36.5 Å². The Hall–Kier alpha value is -2.30. The van der Waals surface area contributed by atoms with E-state index in [1.165, 1.54) is 0 Å². The van der Waals surface area contributed by atoms with Crippen molar-refractivity contribution in [2.24, 2.45) is 0 Å². The predicted molar refractivity (Wildman–Crippen MR) is 61.7 cm³/mol. The molecule has 5 heteroatoms. The molecule has 0 radical (unpaired) electrons. The maximum Gasteiger partial charge on any atom is 0.325 e. The van der Waals surface area contributed by atoms with Gasteiger partial charge in [0.15, 0.2) is 0 Å². The van der Waals surface area contributed by atoms with Crippen LogP contribution in [0.2, 0.25) is 0 Å². The number of carbonyl (C=O) groups is 2. The molecule has 0 bridgehead atoms. The van der Waals surface area contributed by atoms with Crippen molar-refractivity contribution in [3.63, 3.8) is 0 Å². The molecule has 16 heavy (non-hydrogen) atoms. The van der Waals surface area contributed by atoms with Gasteiger partial charge in [0.2, 0.25) is 0 Å². The summed E-state index contributed by atoms with van der Waals surface area (Å²) >= 11 is 0. The van der Waals surface area contributed by atoms with Gasteiger partial charge < -0.3 is 11.1 Å². The van der Waals surface area contributed by atoms with Crippen LogP contribution in [-0.2, 0) is 0 Å². The third-order valence-corrected chi connectivity index (χ3v) is 1.73. The molecule has 84 valence electrons. The highest BCUT2D eigenvalue weighted by atomic mass is 16.2. The summed E-state index contributed by atoms with van der Waals surface area (Å²) in [6, 6.07) is 5.66. The normalized spacial score (nSPS) is 9.31. The van der Waals surface area contributed by atoms with E-state index >= 15 is 0 Å². The van der Waals surface area contributed by atoms with E-state index in [2.05, 4.69) is 17.2 Å². The van der Waals surface area contributed by atoms with Crippen molar-refractivity contribution in [1.82, 2.24) is 10.6 Å². The van der Waals surface area contributed by atoms with E-state index in [1.54, 1.807) is 31.2 Å². The summed E-state index contributed by atoms with van der Waals surface area (Å²) in [5, 5.41) is 4.52. The van der Waals surface area contributed by atoms with Crippen molar-refractivity contribution in [3.8, 4) is 0 Å². The maximum atomic E-state index is 11.5. The zero-order valence-corrected chi connectivity index (χ0v) is 8.91. The van der Waals surface area contributed by atoms with E-state index in [9.17, 15) is 9.59 Å². The summed E-state index contributed by atoms with van der Waals surface area (Å²) in [6.07, 6.45) is 0. The quantitative estimate of drug-likeness (QED) is 0.654. The number of rotatable bonds is 2. The number of amides is 3. The number of hydrogen-bond acceptors (Lipinski definition) is 3. The molecule has 0 atom stereocenters. The molecule has 0 aliphatic heterocycles. The fourth-order valence-electron chi connectivity index (χ4n) is 1.03. The Morgan fingerprint density at radius 1 is 1.19 bits per heavy atom. The van der Waals surface area contributed by atoms with Crippen LogP contribution in [-0.4, -0.2) is 11.9 Å². The summed E-state index contributed by atoms with van der Waals surface area (Å²) in [5.41, 5.74) is 6.86. The molecule has 0 saturated carbocycles. The lowest BCUT2D eigenvalue weighted by atomic mass is 10.2. The van der Waals surface area contributed by atoms with Crippen molar-refractivity contribution in [2.45, 2.75) is 6.92 Å². The predicted octanol–water partition coefficient (Wildman–Crippen LogP) is 1.24. The van der Waals surface area contributed by atoms with Crippen LogP contribution < -0.4 is 16.4 Å². The molecule has 1 rings (SSSR count). The molecule has 0 aliphatic carbocycles. The standard InChI is InChI=1S/C11H13N3O2/c1-7(2)13-11(16)14-10(15)8-3-5-9(12)6-4-8/h3-6H,1,12H2,2H3,(H2,13,14,15,16). The van der Waals surface area contributed by atoms with Gasteiger partial charge in [-0.3, -0.25) is 10.1 Å². The lowest BCUT2D eigenvalue weighted by Gasteiger charge is -2.05. The molecule has 3 amide bonds. The summed E-state index contributed by atoms with van der Waals surface area (Å²) in [5.74, 6) is -0.487. The number of urea groups is 1. The van der Waals surface area contributed by atoms with Crippen LogP contribution in [0.4, 0.5) is 10.5 Å². The fourth-order valence-corrected chi connectivity index (χ4v) is 1.03. The van der Waals surface area contributed by atoms with E-state index in [1.807, 2.05) is 0 Å². The van der Waals surface area contributed by atoms with Crippen LogP contribution in [0.25, 0.3) is 0 Å². The minimum atomic E-state index is -0.602. The second kappa shape index (κ2) is 4.97. The minimum absolute atomic E-state index is 0.367. The lowest BCUT2D eigenvalue weighted by molar-refractivity contribution is 0.0964. The molecule has 0 saturated heterocycles. The van der Waals surface area contributed by atoms with Gasteiger partial charge in [0.25, 0.3) is 5.91 Å². The number of nitrogens with one attached hydrogen (secondary N) is 2. The van der Waals surface area contributed by atoms with Crippen LogP contribution in [0.1, 0.15) is 17.3 Å². The summed E-state index contributed by atoms with van der Waals surface area (Å²) in [7, 11) is 0. The lowest BCUT2D eigenvalue weighted by Crippen LogP contribution is -2.38. The highest BCUT2D eigenvalue weighted by molar-refractivity contribution is 6.04. The van der Waals surface area contributed by atoms with Gasteiger partial charge >= 0.3 is 6.03 Å². The van der Waals surface area contributed by atoms with Crippen molar-refractivity contribution < 1.29 is 9.59 Å². The Morgan fingerprint density at radius 2 is 1.75 bits per heavy atom. The Balaban J connectivity index is 2.62. The first-order valence-electron chi connectivity index (χ1n) is 4.62. The van der Waals surface area contributed by atoms with Gasteiger partial charge in [0.05, 0.1) is 0 Å². The topological polar surface area (TPSA) is 84.2 Å². The number of nitrogen functional groups attached to an aromatic ring is 1. The Morgan fingerprint density at radius 3 is 2.25 bits per heavy atom. The highest BCUT2D eigenvalue weighted by Gasteiger charge is 2.09. The second-order valence-electron chi connectivity index (χ2n) is 3.31. The number of benzene rings is 1. The third kappa shape index (κ3) is 3.45. The fraction of sp³-hybridized carbons (Fsp3) is 0.0909. The Kier molecular flexibility index (Phi) is 3.66. The number of allylic oxidation sites excluding steroid dienone is 1. The maximum absolute atomic E-state index is 11.5. The summed E-state index contributed by atoms with van der Waals surface area (Å²) in [6.45, 7) is 5.11. The minimum Gasteiger partial charge on any atom is -0.399 e. The number of anilines is 1. The number of hydrogen-bond donors (Lipinski definition) is 3. The van der Waals surface area contributed by atoms with Gasteiger partial charge in [-0.1, -0.05) is 6.58 Å². The molecule has 0 aliphatic rings. The molecule has 0 spiro atoms. The van der Waals surface area contributed by atoms with Gasteiger partial charge in [-0.2, -0.15) is 0 Å². The SMILES string of the molecule is C=C(C)NC(=O)NC(=O)c1ccc(N)cc1. The molecule has 0 unspecified atom stereocenters. The zero-order chi connectivity index (χ0) is 12.1. The molecule has 1 aromatic rings. The summed E-state index contributed by atoms with van der Waals surface area (Å²) < 4.78 is 0. The van der Waals surface area contributed by atoms with E-state index in [0.29, 0.717) is 16.9 Å². The average molecular weight is 219 g/mol. The molecule has 4 N–H and O–H groups in total. The van der Waals surface area contributed by atoms with Crippen molar-refractivity contribution in [1.29, 1.82) is 0 Å². The second-order valence-corrected chi connectivity index (χ2v) is 3.31. The smallest absolute Gasteiger partial charge is 0.325 e. The molecule has 0 heterocycles. The molecular weight excluding hydrogens is 206 g/mol. The van der Waals surface area contributed by atoms with Crippen LogP contribution in [0.3, 0.4) is 0 Å². The highest BCUT2D eigenvalue weighted by Crippen LogP contribution is 2.04. The number of nitrogens with two attached hydrogens (primary N) is 1. The van der Waals surface area contributed by atoms with Crippen molar-refractivity contribution in [3.05, 3.63) is 42.1 Å². The third-order valence-electron chi connectivity index (χ3n) is 1.73. The van der Waals surface area contributed by atoms with E-state index in [0.717, 1.165) is 0 Å². The van der Waals surface area contributed by atoms with Crippen molar-refractivity contribution in [2.75, 3.05) is 5.73 Å².